The fourth-order valence-electron chi connectivity index (χ4n) is 1.94. The quantitative estimate of drug-likeness (QED) is 0.172. The van der Waals surface area contributed by atoms with Crippen LogP contribution in [-0.2, 0) is 19.0 Å². The third kappa shape index (κ3) is 4.58. The Bertz CT molecular complexity index is 388. The summed E-state index contributed by atoms with van der Waals surface area (Å²) >= 11 is 3.67. The van der Waals surface area contributed by atoms with E-state index in [0.717, 1.165) is 12.8 Å². The average Bonchev–Trinajstić information content (AvgIpc) is 2.50. The minimum absolute atomic E-state index is 0.363. The maximum atomic E-state index is 11.2. The summed E-state index contributed by atoms with van der Waals surface area (Å²) in [6.45, 7) is 1.34. The van der Waals surface area contributed by atoms with E-state index in [-0.39, 0.29) is 5.75 Å². The van der Waals surface area contributed by atoms with Crippen LogP contribution in [0.3, 0.4) is 0 Å². The summed E-state index contributed by atoms with van der Waals surface area (Å²) in [5, 5.41) is 39.3. The number of aliphatic hydroxyl groups is 4. The topological polar surface area (TPSA) is 126 Å². The van der Waals surface area contributed by atoms with Crippen LogP contribution in [0.1, 0.15) is 19.8 Å². The molecule has 1 fully saturated rings. The summed E-state index contributed by atoms with van der Waals surface area (Å²) < 4.78 is 14.8. The molecule has 1 saturated heterocycles. The van der Waals surface area contributed by atoms with Crippen LogP contribution in [-0.4, -0.2) is 69.1 Å². The molecule has 0 aromatic heterocycles. The molecule has 128 valence electrons. The van der Waals surface area contributed by atoms with E-state index in [2.05, 4.69) is 17.4 Å². The summed E-state index contributed by atoms with van der Waals surface area (Å²) in [4.78, 5) is 11.2. The first-order chi connectivity index (χ1) is 10.4. The Morgan fingerprint density at radius 1 is 1.45 bits per heavy atom. The van der Waals surface area contributed by atoms with Crippen molar-refractivity contribution in [2.75, 3.05) is 12.4 Å². The summed E-state index contributed by atoms with van der Waals surface area (Å²) in [6.07, 6.45) is -1.28. The summed E-state index contributed by atoms with van der Waals surface area (Å²) in [6, 6.07) is 0. The minimum atomic E-state index is -2.78. The van der Waals surface area contributed by atoms with Gasteiger partial charge in [-0.3, -0.25) is 4.79 Å². The molecule has 22 heavy (non-hydrogen) atoms. The Balaban J connectivity index is 2.83. The van der Waals surface area contributed by atoms with Crippen LogP contribution in [0.2, 0.25) is 0 Å². The third-order valence-corrected chi connectivity index (χ3v) is 3.34. The highest BCUT2D eigenvalue weighted by atomic mass is 32.1. The summed E-state index contributed by atoms with van der Waals surface area (Å²) in [5.41, 5.74) is 0. The second-order valence-corrected chi connectivity index (χ2v) is 5.11. The molecule has 0 unspecified atom stereocenters. The molecule has 0 bridgehead atoms. The van der Waals surface area contributed by atoms with Crippen molar-refractivity contribution < 1.29 is 39.4 Å². The fraction of sp³-hybridized carbons (Fsp3) is 0.769. The van der Waals surface area contributed by atoms with Gasteiger partial charge < -0.3 is 34.6 Å². The van der Waals surface area contributed by atoms with E-state index in [9.17, 15) is 25.2 Å². The highest BCUT2D eigenvalue weighted by Gasteiger charge is 2.56. The lowest BCUT2D eigenvalue weighted by atomic mass is 9.97. The van der Waals surface area contributed by atoms with Gasteiger partial charge in [-0.1, -0.05) is 13.3 Å². The van der Waals surface area contributed by atoms with Gasteiger partial charge in [0.15, 0.2) is 12.2 Å². The van der Waals surface area contributed by atoms with Gasteiger partial charge in [-0.15, -0.1) is 0 Å². The van der Waals surface area contributed by atoms with Crippen LogP contribution in [0, 0.1) is 0 Å². The smallest absolute Gasteiger partial charge is 0.357 e. The zero-order valence-corrected chi connectivity index (χ0v) is 13.1. The first-order valence-corrected chi connectivity index (χ1v) is 7.53. The van der Waals surface area contributed by atoms with E-state index in [1.807, 2.05) is 6.92 Å². The highest BCUT2D eigenvalue weighted by molar-refractivity contribution is 7.81. The molecule has 0 amide bonds. The second kappa shape index (κ2) is 8.70. The Labute approximate surface area is 133 Å². The zero-order valence-electron chi connectivity index (χ0n) is 12.2. The van der Waals surface area contributed by atoms with Crippen molar-refractivity contribution in [2.24, 2.45) is 0 Å². The monoisotopic (exact) mass is 338 g/mol. The average molecular weight is 338 g/mol. The molecule has 1 aliphatic heterocycles. The number of hydrogen-bond donors (Lipinski definition) is 5. The minimum Gasteiger partial charge on any atom is -0.493 e. The lowest BCUT2D eigenvalue weighted by Crippen LogP contribution is -2.67. The standard InChI is InChI=1S/C13H22O8S/c1-2-3-4-5-19-11-8(6-14)20-13(18,12(17)10(11)16)21-9(15)7-22/h4-5,8,10-12,14,16-18,22H,2-3,6-7H2,1H3/t8-,10+,11+,12-,13+/m1/s1. The lowest BCUT2D eigenvalue weighted by molar-refractivity contribution is -0.433. The number of carbonyl (C=O) groups is 1. The Morgan fingerprint density at radius 3 is 2.68 bits per heavy atom. The summed E-state index contributed by atoms with van der Waals surface area (Å²) in [7, 11) is 0. The number of rotatable bonds is 7. The molecule has 0 radical (unpaired) electrons. The van der Waals surface area contributed by atoms with Crippen LogP contribution in [0.5, 0.6) is 0 Å². The van der Waals surface area contributed by atoms with Crippen molar-refractivity contribution in [3.63, 3.8) is 0 Å². The van der Waals surface area contributed by atoms with Gasteiger partial charge in [0, 0.05) is 0 Å². The van der Waals surface area contributed by atoms with E-state index in [0.29, 0.717) is 0 Å². The van der Waals surface area contributed by atoms with E-state index in [4.69, 9.17) is 9.47 Å². The van der Waals surface area contributed by atoms with Crippen LogP contribution in [0.4, 0.5) is 0 Å². The van der Waals surface area contributed by atoms with Crippen molar-refractivity contribution >= 4 is 18.6 Å². The van der Waals surface area contributed by atoms with Crippen molar-refractivity contribution in [2.45, 2.75) is 50.2 Å². The van der Waals surface area contributed by atoms with Crippen molar-refractivity contribution in [1.82, 2.24) is 0 Å². The summed E-state index contributed by atoms with van der Waals surface area (Å²) in [5.74, 6) is -4.10. The molecular formula is C13H22O8S. The molecule has 0 saturated carbocycles. The molecule has 0 aromatic rings. The number of thiol groups is 1. The van der Waals surface area contributed by atoms with Gasteiger partial charge >= 0.3 is 11.9 Å². The van der Waals surface area contributed by atoms with Crippen LogP contribution < -0.4 is 0 Å². The first-order valence-electron chi connectivity index (χ1n) is 6.90. The molecule has 0 aliphatic carbocycles. The normalized spacial score (nSPS) is 35.5. The van der Waals surface area contributed by atoms with E-state index >= 15 is 0 Å². The zero-order chi connectivity index (χ0) is 16.8. The Morgan fingerprint density at radius 2 is 2.14 bits per heavy atom. The molecule has 1 rings (SSSR count). The number of aliphatic hydroxyl groups excluding tert-OH is 3. The molecule has 0 spiro atoms. The SMILES string of the molecule is CCCC=CO[C@@H]1[C@H](O)[C@@H](O)[C@@](O)(OC(=O)CS)O[C@@H]1CO. The van der Waals surface area contributed by atoms with Crippen molar-refractivity contribution in [1.29, 1.82) is 0 Å². The molecule has 4 N–H and O–H groups in total. The number of esters is 1. The van der Waals surface area contributed by atoms with Gasteiger partial charge in [0.25, 0.3) is 0 Å². The van der Waals surface area contributed by atoms with Gasteiger partial charge in [0.1, 0.15) is 12.2 Å². The molecule has 5 atom stereocenters. The van der Waals surface area contributed by atoms with E-state index in [1.54, 1.807) is 6.08 Å². The van der Waals surface area contributed by atoms with Gasteiger partial charge in [-0.2, -0.15) is 12.6 Å². The molecular weight excluding hydrogens is 316 g/mol. The molecule has 0 aromatic carbocycles. The molecule has 8 nitrogen and oxygen atoms in total. The van der Waals surface area contributed by atoms with Gasteiger partial charge in [0.2, 0.25) is 0 Å². The third-order valence-electron chi connectivity index (χ3n) is 3.08. The molecule has 1 aliphatic rings. The second-order valence-electron chi connectivity index (χ2n) is 4.80. The lowest BCUT2D eigenvalue weighted by Gasteiger charge is -2.44. The Hall–Kier alpha value is -0.840. The van der Waals surface area contributed by atoms with E-state index in [1.165, 1.54) is 6.26 Å². The number of unbranched alkanes of at least 4 members (excludes halogenated alkanes) is 1. The number of hydrogen-bond acceptors (Lipinski definition) is 9. The predicted octanol–water partition coefficient (Wildman–Crippen LogP) is -1.08. The predicted molar refractivity (Wildman–Crippen MR) is 77.8 cm³/mol. The van der Waals surface area contributed by atoms with Crippen molar-refractivity contribution in [3.05, 3.63) is 12.3 Å². The first kappa shape index (κ1) is 19.2. The van der Waals surface area contributed by atoms with Crippen LogP contribution >= 0.6 is 12.6 Å². The number of ether oxygens (including phenoxy) is 3. The Kier molecular flexibility index (Phi) is 7.60. The fourth-order valence-corrected chi connectivity index (χ4v) is 2.00. The van der Waals surface area contributed by atoms with Crippen LogP contribution in [0.25, 0.3) is 0 Å². The van der Waals surface area contributed by atoms with Gasteiger partial charge in [0.05, 0.1) is 18.6 Å². The highest BCUT2D eigenvalue weighted by Crippen LogP contribution is 2.31. The number of allylic oxidation sites excluding steroid dienone is 1. The molecule has 1 heterocycles. The van der Waals surface area contributed by atoms with Crippen molar-refractivity contribution in [3.8, 4) is 0 Å². The number of carbonyl (C=O) groups excluding carboxylic acids is 1. The van der Waals surface area contributed by atoms with Crippen LogP contribution in [0.15, 0.2) is 12.3 Å². The van der Waals surface area contributed by atoms with Gasteiger partial charge in [-0.05, 0) is 12.5 Å². The maximum Gasteiger partial charge on any atom is 0.357 e. The largest absolute Gasteiger partial charge is 0.493 e. The van der Waals surface area contributed by atoms with Gasteiger partial charge in [-0.25, -0.2) is 0 Å². The van der Waals surface area contributed by atoms with E-state index < -0.39 is 43.0 Å². The maximum absolute atomic E-state index is 11.2. The molecule has 9 heteroatoms.